The van der Waals surface area contributed by atoms with Crippen LogP contribution in [-0.4, -0.2) is 53.5 Å². The number of piperazine rings is 1. The molecule has 1 aliphatic heterocycles. The summed E-state index contributed by atoms with van der Waals surface area (Å²) in [7, 11) is 0. The minimum absolute atomic E-state index is 0.0249. The first-order valence-corrected chi connectivity index (χ1v) is 15.8. The zero-order valence-corrected chi connectivity index (χ0v) is 26.4. The van der Waals surface area contributed by atoms with Crippen molar-refractivity contribution >= 4 is 22.9 Å². The second-order valence-electron chi connectivity index (χ2n) is 12.0. The highest BCUT2D eigenvalue weighted by atomic mass is 32.1. The van der Waals surface area contributed by atoms with Crippen molar-refractivity contribution in [3.8, 4) is 5.75 Å². The van der Waals surface area contributed by atoms with Crippen molar-refractivity contribution in [3.63, 3.8) is 0 Å². The predicted octanol–water partition coefficient (Wildman–Crippen LogP) is 7.14. The second kappa shape index (κ2) is 13.7. The SMILES string of the molecule is CCOc1ccccc1N1CCN(C(=O)c2csc(CN(Cc3ccc(F)cc3)Cc3ccc(C(C)(C)C)cc3)n2)CC1. The van der Waals surface area contributed by atoms with Crippen molar-refractivity contribution in [1.82, 2.24) is 14.8 Å². The maximum absolute atomic E-state index is 13.6. The van der Waals surface area contributed by atoms with Crippen LogP contribution in [0.25, 0.3) is 0 Å². The summed E-state index contributed by atoms with van der Waals surface area (Å²) in [5.74, 6) is 0.614. The summed E-state index contributed by atoms with van der Waals surface area (Å²) in [5.41, 5.74) is 5.19. The van der Waals surface area contributed by atoms with Gasteiger partial charge in [0.25, 0.3) is 5.91 Å². The molecule has 1 aromatic heterocycles. The van der Waals surface area contributed by atoms with Gasteiger partial charge < -0.3 is 14.5 Å². The van der Waals surface area contributed by atoms with Crippen LogP contribution < -0.4 is 9.64 Å². The van der Waals surface area contributed by atoms with E-state index < -0.39 is 0 Å². The Labute approximate surface area is 258 Å². The molecule has 0 aliphatic carbocycles. The van der Waals surface area contributed by atoms with Gasteiger partial charge in [-0.1, -0.05) is 69.3 Å². The first kappa shape index (κ1) is 30.7. The zero-order chi connectivity index (χ0) is 30.4. The molecule has 6 nitrogen and oxygen atoms in total. The lowest BCUT2D eigenvalue weighted by Gasteiger charge is -2.36. The van der Waals surface area contributed by atoms with Crippen LogP contribution in [0, 0.1) is 5.82 Å². The molecule has 5 rings (SSSR count). The number of benzene rings is 3. The van der Waals surface area contributed by atoms with E-state index in [1.165, 1.54) is 34.6 Å². The number of anilines is 1. The summed E-state index contributed by atoms with van der Waals surface area (Å²) in [6, 6.07) is 23.5. The number of amides is 1. The highest BCUT2D eigenvalue weighted by molar-refractivity contribution is 7.09. The molecule has 0 spiro atoms. The fraction of sp³-hybridized carbons (Fsp3) is 0.371. The monoisotopic (exact) mass is 600 g/mol. The molecule has 2 heterocycles. The maximum atomic E-state index is 13.6. The average Bonchev–Trinajstić information content (AvgIpc) is 3.47. The number of nitrogens with zero attached hydrogens (tertiary/aromatic N) is 4. The molecule has 4 aromatic rings. The summed E-state index contributed by atoms with van der Waals surface area (Å²) >= 11 is 1.52. The second-order valence-corrected chi connectivity index (χ2v) is 13.0. The van der Waals surface area contributed by atoms with Gasteiger partial charge in [0, 0.05) is 44.6 Å². The minimum Gasteiger partial charge on any atom is -0.492 e. The Bertz CT molecular complexity index is 1490. The molecule has 3 aromatic carbocycles. The van der Waals surface area contributed by atoms with Crippen LogP contribution in [-0.2, 0) is 25.0 Å². The van der Waals surface area contributed by atoms with Crippen LogP contribution in [0.4, 0.5) is 10.1 Å². The normalized spacial score (nSPS) is 13.9. The molecular formula is C35H41FN4O2S. The van der Waals surface area contributed by atoms with E-state index >= 15 is 0 Å². The Morgan fingerprint density at radius 3 is 2.16 bits per heavy atom. The van der Waals surface area contributed by atoms with Crippen molar-refractivity contribution in [3.05, 3.63) is 111 Å². The number of hydrogen-bond acceptors (Lipinski definition) is 6. The minimum atomic E-state index is -0.240. The molecule has 1 fully saturated rings. The summed E-state index contributed by atoms with van der Waals surface area (Å²) in [5, 5.41) is 2.77. The summed E-state index contributed by atoms with van der Waals surface area (Å²) < 4.78 is 19.4. The van der Waals surface area contributed by atoms with Gasteiger partial charge in [-0.2, -0.15) is 0 Å². The van der Waals surface area contributed by atoms with Gasteiger partial charge in [0.2, 0.25) is 0 Å². The molecule has 43 heavy (non-hydrogen) atoms. The van der Waals surface area contributed by atoms with Crippen molar-refractivity contribution in [2.45, 2.75) is 52.7 Å². The molecule has 0 radical (unpaired) electrons. The molecule has 0 atom stereocenters. The topological polar surface area (TPSA) is 48.9 Å². The Morgan fingerprint density at radius 2 is 1.53 bits per heavy atom. The fourth-order valence-corrected chi connectivity index (χ4v) is 6.17. The van der Waals surface area contributed by atoms with Gasteiger partial charge in [-0.25, -0.2) is 9.37 Å². The lowest BCUT2D eigenvalue weighted by Crippen LogP contribution is -2.49. The number of ether oxygens (including phenoxy) is 1. The van der Waals surface area contributed by atoms with E-state index in [0.717, 1.165) is 41.6 Å². The zero-order valence-electron chi connectivity index (χ0n) is 25.6. The predicted molar refractivity (Wildman–Crippen MR) is 172 cm³/mol. The highest BCUT2D eigenvalue weighted by Crippen LogP contribution is 2.29. The van der Waals surface area contributed by atoms with Crippen LogP contribution in [0.2, 0.25) is 0 Å². The first-order chi connectivity index (χ1) is 20.7. The lowest BCUT2D eigenvalue weighted by molar-refractivity contribution is 0.0741. The smallest absolute Gasteiger partial charge is 0.273 e. The van der Waals surface area contributed by atoms with Gasteiger partial charge in [0.05, 0.1) is 18.8 Å². The molecule has 0 N–H and O–H groups in total. The Morgan fingerprint density at radius 1 is 0.907 bits per heavy atom. The van der Waals surface area contributed by atoms with E-state index in [9.17, 15) is 9.18 Å². The number of para-hydroxylation sites is 2. The number of carbonyl (C=O) groups is 1. The van der Waals surface area contributed by atoms with Crippen molar-refractivity contribution in [2.24, 2.45) is 0 Å². The third-order valence-corrected chi connectivity index (χ3v) is 8.58. The van der Waals surface area contributed by atoms with E-state index in [4.69, 9.17) is 9.72 Å². The molecule has 1 amide bonds. The third-order valence-electron chi connectivity index (χ3n) is 7.75. The van der Waals surface area contributed by atoms with Gasteiger partial charge in [0.1, 0.15) is 22.3 Å². The molecule has 0 saturated carbocycles. The summed E-state index contributed by atoms with van der Waals surface area (Å²) in [6.45, 7) is 14.0. The molecule has 0 unspecified atom stereocenters. The quantitative estimate of drug-likeness (QED) is 0.194. The Balaban J connectivity index is 1.24. The van der Waals surface area contributed by atoms with Crippen LogP contribution in [0.5, 0.6) is 5.75 Å². The van der Waals surface area contributed by atoms with E-state index in [1.807, 2.05) is 47.5 Å². The van der Waals surface area contributed by atoms with Gasteiger partial charge in [-0.15, -0.1) is 11.3 Å². The highest BCUT2D eigenvalue weighted by Gasteiger charge is 2.25. The van der Waals surface area contributed by atoms with E-state index in [2.05, 4.69) is 60.9 Å². The molecule has 1 saturated heterocycles. The fourth-order valence-electron chi connectivity index (χ4n) is 5.37. The Kier molecular flexibility index (Phi) is 9.78. The summed E-state index contributed by atoms with van der Waals surface area (Å²) in [6.07, 6.45) is 0. The van der Waals surface area contributed by atoms with E-state index in [-0.39, 0.29) is 17.1 Å². The number of carbonyl (C=O) groups excluding carboxylic acids is 1. The van der Waals surface area contributed by atoms with Gasteiger partial charge in [-0.3, -0.25) is 9.69 Å². The van der Waals surface area contributed by atoms with Gasteiger partial charge in [0.15, 0.2) is 0 Å². The molecule has 0 bridgehead atoms. The largest absolute Gasteiger partial charge is 0.492 e. The van der Waals surface area contributed by atoms with Crippen LogP contribution in [0.1, 0.15) is 59.9 Å². The molecular weight excluding hydrogens is 559 g/mol. The van der Waals surface area contributed by atoms with Crippen LogP contribution in [0.3, 0.4) is 0 Å². The average molecular weight is 601 g/mol. The maximum Gasteiger partial charge on any atom is 0.273 e. The molecule has 226 valence electrons. The number of thiazole rings is 1. The van der Waals surface area contributed by atoms with Crippen molar-refractivity contribution in [1.29, 1.82) is 0 Å². The lowest BCUT2D eigenvalue weighted by atomic mass is 9.87. The number of rotatable bonds is 10. The first-order valence-electron chi connectivity index (χ1n) is 15.0. The number of hydrogen-bond donors (Lipinski definition) is 0. The standard InChI is InChI=1S/C35H41FN4O2S/c1-5-42-32-9-7-6-8-31(32)39-18-20-40(21-19-39)34(41)30-25-43-33(37-30)24-38(23-27-12-16-29(36)17-13-27)22-26-10-14-28(15-11-26)35(2,3)4/h6-17,25H,5,18-24H2,1-4H3. The van der Waals surface area contributed by atoms with Gasteiger partial charge in [-0.05, 0) is 53.3 Å². The number of aromatic nitrogens is 1. The van der Waals surface area contributed by atoms with Crippen molar-refractivity contribution in [2.75, 3.05) is 37.7 Å². The molecule has 1 aliphatic rings. The van der Waals surface area contributed by atoms with Crippen LogP contribution in [0.15, 0.2) is 78.2 Å². The summed E-state index contributed by atoms with van der Waals surface area (Å²) in [4.78, 5) is 24.7. The Hall–Kier alpha value is -3.75. The number of halogens is 1. The van der Waals surface area contributed by atoms with Gasteiger partial charge >= 0.3 is 0 Å². The van der Waals surface area contributed by atoms with E-state index in [1.54, 1.807) is 0 Å². The van der Waals surface area contributed by atoms with Crippen LogP contribution >= 0.6 is 11.3 Å². The van der Waals surface area contributed by atoms with Crippen molar-refractivity contribution < 1.29 is 13.9 Å². The third kappa shape index (κ3) is 8.00. The molecule has 8 heteroatoms. The van der Waals surface area contributed by atoms with E-state index in [0.29, 0.717) is 38.5 Å².